The molecule has 1 aromatic rings. The van der Waals surface area contributed by atoms with Crippen molar-refractivity contribution in [3.8, 4) is 0 Å². The molecule has 1 aliphatic heterocycles. The highest BCUT2D eigenvalue weighted by Crippen LogP contribution is 2.35. The summed E-state index contributed by atoms with van der Waals surface area (Å²) in [5.74, 6) is -0.0423. The molecule has 1 aliphatic carbocycles. The van der Waals surface area contributed by atoms with Crippen LogP contribution in [-0.2, 0) is 27.2 Å². The van der Waals surface area contributed by atoms with Gasteiger partial charge in [-0.3, -0.25) is 9.59 Å². The SMILES string of the molecule is COC(=O)CCc1ccc(CC2CCN(C3CCC(C)(O)CC3)C2=O)c(Cl)c1. The highest BCUT2D eigenvalue weighted by molar-refractivity contribution is 6.31. The smallest absolute Gasteiger partial charge is 0.305 e. The number of likely N-dealkylation sites (tertiary alicyclic amines) is 1. The summed E-state index contributed by atoms with van der Waals surface area (Å²) in [6, 6.07) is 6.10. The van der Waals surface area contributed by atoms with Gasteiger partial charge in [-0.2, -0.15) is 0 Å². The van der Waals surface area contributed by atoms with Crippen LogP contribution in [-0.4, -0.2) is 47.2 Å². The average molecular weight is 408 g/mol. The lowest BCUT2D eigenvalue weighted by Gasteiger charge is -2.37. The van der Waals surface area contributed by atoms with E-state index >= 15 is 0 Å². The van der Waals surface area contributed by atoms with Crippen LogP contribution < -0.4 is 0 Å². The van der Waals surface area contributed by atoms with Crippen LogP contribution in [0.3, 0.4) is 0 Å². The zero-order chi connectivity index (χ0) is 20.3. The Balaban J connectivity index is 1.57. The molecule has 0 bridgehead atoms. The fourth-order valence-corrected chi connectivity index (χ4v) is 4.66. The van der Waals surface area contributed by atoms with Gasteiger partial charge in [-0.25, -0.2) is 0 Å². The second kappa shape index (κ2) is 8.83. The van der Waals surface area contributed by atoms with Crippen molar-refractivity contribution < 1.29 is 19.4 Å². The number of benzene rings is 1. The van der Waals surface area contributed by atoms with Crippen molar-refractivity contribution in [2.24, 2.45) is 5.92 Å². The first kappa shape index (κ1) is 21.1. The van der Waals surface area contributed by atoms with Gasteiger partial charge in [0.2, 0.25) is 5.91 Å². The van der Waals surface area contributed by atoms with E-state index in [9.17, 15) is 14.7 Å². The van der Waals surface area contributed by atoms with Crippen molar-refractivity contribution >= 4 is 23.5 Å². The van der Waals surface area contributed by atoms with Gasteiger partial charge in [0.25, 0.3) is 0 Å². The number of rotatable bonds is 6. The number of esters is 1. The van der Waals surface area contributed by atoms with Gasteiger partial charge in [-0.05, 0) is 69.1 Å². The number of hydrogen-bond donors (Lipinski definition) is 1. The maximum atomic E-state index is 12.9. The minimum absolute atomic E-state index is 0.0270. The topological polar surface area (TPSA) is 66.8 Å². The number of carbonyl (C=O) groups is 2. The Morgan fingerprint density at radius 3 is 2.68 bits per heavy atom. The average Bonchev–Trinajstić information content (AvgIpc) is 3.02. The molecule has 1 heterocycles. The molecule has 3 rings (SSSR count). The molecule has 0 radical (unpaired) electrons. The van der Waals surface area contributed by atoms with Gasteiger partial charge in [0.1, 0.15) is 0 Å². The number of methoxy groups -OCH3 is 1. The largest absolute Gasteiger partial charge is 0.469 e. The van der Waals surface area contributed by atoms with Gasteiger partial charge < -0.3 is 14.7 Å². The second-order valence-electron chi connectivity index (χ2n) is 8.45. The molecule has 1 aromatic carbocycles. The molecule has 1 saturated heterocycles. The van der Waals surface area contributed by atoms with Crippen LogP contribution in [0, 0.1) is 5.92 Å². The molecule has 6 heteroatoms. The van der Waals surface area contributed by atoms with Crippen LogP contribution >= 0.6 is 11.6 Å². The van der Waals surface area contributed by atoms with Crippen LogP contribution in [0.4, 0.5) is 0 Å². The van der Waals surface area contributed by atoms with E-state index in [4.69, 9.17) is 11.6 Å². The van der Waals surface area contributed by atoms with E-state index in [1.807, 2.05) is 30.0 Å². The predicted octanol–water partition coefficient (Wildman–Crippen LogP) is 3.53. The predicted molar refractivity (Wildman–Crippen MR) is 108 cm³/mol. The van der Waals surface area contributed by atoms with Crippen LogP contribution in [0.1, 0.15) is 56.6 Å². The Labute approximate surface area is 172 Å². The minimum atomic E-state index is -0.582. The van der Waals surface area contributed by atoms with Crippen molar-refractivity contribution in [3.05, 3.63) is 34.3 Å². The van der Waals surface area contributed by atoms with E-state index in [-0.39, 0.29) is 23.8 Å². The summed E-state index contributed by atoms with van der Waals surface area (Å²) in [5.41, 5.74) is 1.39. The first-order valence-corrected chi connectivity index (χ1v) is 10.5. The van der Waals surface area contributed by atoms with Gasteiger partial charge in [-0.15, -0.1) is 0 Å². The zero-order valence-electron chi connectivity index (χ0n) is 16.7. The molecule has 0 aromatic heterocycles. The van der Waals surface area contributed by atoms with Crippen molar-refractivity contribution in [1.82, 2.24) is 4.90 Å². The molecule has 1 unspecified atom stereocenters. The Hall–Kier alpha value is -1.59. The molecular formula is C22H30ClNO4. The Kier molecular flexibility index (Phi) is 6.66. The van der Waals surface area contributed by atoms with E-state index in [2.05, 4.69) is 4.74 Å². The molecule has 0 spiro atoms. The van der Waals surface area contributed by atoms with E-state index in [0.29, 0.717) is 24.3 Å². The third kappa shape index (κ3) is 5.06. The number of hydrogen-bond acceptors (Lipinski definition) is 4. The lowest BCUT2D eigenvalue weighted by atomic mass is 9.83. The molecule has 154 valence electrons. The van der Waals surface area contributed by atoms with Crippen molar-refractivity contribution in [2.45, 2.75) is 69.9 Å². The van der Waals surface area contributed by atoms with Gasteiger partial charge in [0.15, 0.2) is 0 Å². The molecule has 1 N–H and O–H groups in total. The molecular weight excluding hydrogens is 378 g/mol. The third-order valence-corrected chi connectivity index (χ3v) is 6.60. The van der Waals surface area contributed by atoms with Crippen LogP contribution in [0.2, 0.25) is 5.02 Å². The number of carbonyl (C=O) groups excluding carboxylic acids is 2. The van der Waals surface area contributed by atoms with Crippen molar-refractivity contribution in [3.63, 3.8) is 0 Å². The summed E-state index contributed by atoms with van der Waals surface area (Å²) in [6.45, 7) is 2.68. The fraction of sp³-hybridized carbons (Fsp3) is 0.636. The molecule has 2 aliphatic rings. The molecule has 2 fully saturated rings. The molecule has 28 heavy (non-hydrogen) atoms. The summed E-state index contributed by atoms with van der Waals surface area (Å²) in [5, 5.41) is 10.8. The summed E-state index contributed by atoms with van der Waals surface area (Å²) < 4.78 is 4.67. The van der Waals surface area contributed by atoms with Crippen molar-refractivity contribution in [2.75, 3.05) is 13.7 Å². The van der Waals surface area contributed by atoms with Crippen LogP contribution in [0.15, 0.2) is 18.2 Å². The summed E-state index contributed by atoms with van der Waals surface area (Å²) in [6.07, 6.45) is 5.69. The first-order chi connectivity index (χ1) is 13.3. The van der Waals surface area contributed by atoms with E-state index in [1.165, 1.54) is 7.11 Å². The van der Waals surface area contributed by atoms with E-state index < -0.39 is 5.60 Å². The lowest BCUT2D eigenvalue weighted by Crippen LogP contribution is -2.43. The maximum Gasteiger partial charge on any atom is 0.305 e. The molecule has 5 nitrogen and oxygen atoms in total. The summed E-state index contributed by atoms with van der Waals surface area (Å²) >= 11 is 6.45. The van der Waals surface area contributed by atoms with E-state index in [1.54, 1.807) is 0 Å². The Morgan fingerprint density at radius 2 is 2.04 bits per heavy atom. The number of aliphatic hydroxyl groups is 1. The van der Waals surface area contributed by atoms with Gasteiger partial charge >= 0.3 is 5.97 Å². The zero-order valence-corrected chi connectivity index (χ0v) is 17.5. The van der Waals surface area contributed by atoms with Crippen LogP contribution in [0.5, 0.6) is 0 Å². The Bertz CT molecular complexity index is 723. The first-order valence-electron chi connectivity index (χ1n) is 10.2. The lowest BCUT2D eigenvalue weighted by molar-refractivity contribution is -0.140. The van der Waals surface area contributed by atoms with Gasteiger partial charge in [0, 0.05) is 29.9 Å². The highest BCUT2D eigenvalue weighted by Gasteiger charge is 2.39. The minimum Gasteiger partial charge on any atom is -0.469 e. The number of ether oxygens (including phenoxy) is 1. The third-order valence-electron chi connectivity index (χ3n) is 6.25. The molecule has 1 saturated carbocycles. The van der Waals surface area contributed by atoms with Gasteiger partial charge in [-0.1, -0.05) is 23.7 Å². The van der Waals surface area contributed by atoms with Crippen molar-refractivity contribution in [1.29, 1.82) is 0 Å². The highest BCUT2D eigenvalue weighted by atomic mass is 35.5. The van der Waals surface area contributed by atoms with Crippen LogP contribution in [0.25, 0.3) is 0 Å². The fourth-order valence-electron chi connectivity index (χ4n) is 4.38. The summed E-state index contributed by atoms with van der Waals surface area (Å²) in [7, 11) is 1.38. The quantitative estimate of drug-likeness (QED) is 0.732. The maximum absolute atomic E-state index is 12.9. The number of nitrogens with zero attached hydrogens (tertiary/aromatic N) is 1. The Morgan fingerprint density at radius 1 is 1.32 bits per heavy atom. The molecule has 1 atom stereocenters. The standard InChI is InChI=1S/C22H30ClNO4/c1-22(27)10-7-18(8-11-22)24-12-9-17(21(24)26)14-16-5-3-15(13-19(16)23)4-6-20(25)28-2/h3,5,13,17-18,27H,4,6-12,14H2,1-2H3. The number of amides is 1. The van der Waals surface area contributed by atoms with E-state index in [0.717, 1.165) is 49.8 Å². The monoisotopic (exact) mass is 407 g/mol. The second-order valence-corrected chi connectivity index (χ2v) is 8.86. The normalized spacial score (nSPS) is 27.9. The summed E-state index contributed by atoms with van der Waals surface area (Å²) in [4.78, 5) is 26.2. The number of aryl methyl sites for hydroxylation is 1. The number of halogens is 1. The molecule has 1 amide bonds. The van der Waals surface area contributed by atoms with Gasteiger partial charge in [0.05, 0.1) is 12.7 Å².